The minimum atomic E-state index is -0.334. The van der Waals surface area contributed by atoms with Crippen molar-refractivity contribution in [3.63, 3.8) is 0 Å². The Morgan fingerprint density at radius 1 is 1.41 bits per heavy atom. The average Bonchev–Trinajstić information content (AvgIpc) is 2.35. The van der Waals surface area contributed by atoms with E-state index in [1.165, 1.54) is 19.3 Å². The van der Waals surface area contributed by atoms with Gasteiger partial charge in [-0.25, -0.2) is 0 Å². The lowest BCUT2D eigenvalue weighted by Crippen LogP contribution is -2.51. The Morgan fingerprint density at radius 3 is 2.53 bits per heavy atom. The van der Waals surface area contributed by atoms with Gasteiger partial charge in [-0.15, -0.1) is 0 Å². The second-order valence-corrected chi connectivity index (χ2v) is 5.69. The van der Waals surface area contributed by atoms with Gasteiger partial charge in [0.25, 0.3) is 0 Å². The van der Waals surface area contributed by atoms with Gasteiger partial charge in [0.1, 0.15) is 0 Å². The highest BCUT2D eigenvalue weighted by Crippen LogP contribution is 2.28. The van der Waals surface area contributed by atoms with E-state index in [1.54, 1.807) is 0 Å². The minimum absolute atomic E-state index is 0.123. The van der Waals surface area contributed by atoms with E-state index in [9.17, 15) is 4.79 Å². The number of carbonyl (C=O) groups excluding carboxylic acids is 1. The monoisotopic (exact) mass is 240 g/mol. The molecule has 3 nitrogen and oxygen atoms in total. The Labute approximate surface area is 106 Å². The van der Waals surface area contributed by atoms with Crippen molar-refractivity contribution in [2.75, 3.05) is 7.05 Å². The summed E-state index contributed by atoms with van der Waals surface area (Å²) in [4.78, 5) is 14.2. The highest BCUT2D eigenvalue weighted by Gasteiger charge is 2.31. The van der Waals surface area contributed by atoms with Crippen molar-refractivity contribution in [2.24, 2.45) is 17.6 Å². The van der Waals surface area contributed by atoms with Gasteiger partial charge < -0.3 is 10.6 Å². The van der Waals surface area contributed by atoms with Crippen LogP contribution in [0.15, 0.2) is 0 Å². The fourth-order valence-corrected chi connectivity index (χ4v) is 2.77. The van der Waals surface area contributed by atoms with Crippen LogP contribution in [0.25, 0.3) is 0 Å². The molecule has 0 aromatic carbocycles. The largest absolute Gasteiger partial charge is 0.341 e. The van der Waals surface area contributed by atoms with E-state index in [4.69, 9.17) is 5.73 Å². The Kier molecular flexibility index (Phi) is 5.44. The fraction of sp³-hybridized carbons (Fsp3) is 0.929. The molecule has 100 valence electrons. The van der Waals surface area contributed by atoms with Crippen molar-refractivity contribution in [1.29, 1.82) is 0 Å². The van der Waals surface area contributed by atoms with Crippen LogP contribution in [0.4, 0.5) is 0 Å². The molecule has 0 aliphatic heterocycles. The maximum Gasteiger partial charge on any atom is 0.239 e. The SMILES string of the molecule is CC[C@H](C)[C@H](N)C(=O)N(C)C1CCCCC1C. The zero-order valence-corrected chi connectivity index (χ0v) is 11.8. The predicted molar refractivity (Wildman–Crippen MR) is 71.6 cm³/mol. The van der Waals surface area contributed by atoms with Crippen LogP contribution in [0.2, 0.25) is 0 Å². The molecule has 2 N–H and O–H groups in total. The Hall–Kier alpha value is -0.570. The second-order valence-electron chi connectivity index (χ2n) is 5.69. The second kappa shape index (κ2) is 6.39. The Morgan fingerprint density at radius 2 is 2.00 bits per heavy atom. The number of amides is 1. The quantitative estimate of drug-likeness (QED) is 0.820. The van der Waals surface area contributed by atoms with Crippen molar-refractivity contribution in [1.82, 2.24) is 4.90 Å². The molecular weight excluding hydrogens is 212 g/mol. The van der Waals surface area contributed by atoms with Crippen LogP contribution in [0.1, 0.15) is 52.9 Å². The first-order valence-corrected chi connectivity index (χ1v) is 7.01. The summed E-state index contributed by atoms with van der Waals surface area (Å²) in [6.07, 6.45) is 5.88. The Bertz CT molecular complexity index is 255. The molecule has 1 saturated carbocycles. The molecule has 1 rings (SSSR count). The molecule has 0 spiro atoms. The fourth-order valence-electron chi connectivity index (χ4n) is 2.77. The molecule has 1 aliphatic rings. The zero-order valence-electron chi connectivity index (χ0n) is 11.8. The van der Waals surface area contributed by atoms with Crippen LogP contribution in [0.3, 0.4) is 0 Å². The molecular formula is C14H28N2O. The highest BCUT2D eigenvalue weighted by molar-refractivity contribution is 5.82. The molecule has 17 heavy (non-hydrogen) atoms. The van der Waals surface area contributed by atoms with Crippen LogP contribution in [-0.4, -0.2) is 29.9 Å². The molecule has 0 heterocycles. The lowest BCUT2D eigenvalue weighted by Gasteiger charge is -2.38. The van der Waals surface area contributed by atoms with Crippen LogP contribution < -0.4 is 5.73 Å². The van der Waals surface area contributed by atoms with Crippen LogP contribution >= 0.6 is 0 Å². The van der Waals surface area contributed by atoms with Gasteiger partial charge in [-0.2, -0.15) is 0 Å². The van der Waals surface area contributed by atoms with Crippen LogP contribution in [0, 0.1) is 11.8 Å². The summed E-state index contributed by atoms with van der Waals surface area (Å²) in [6, 6.07) is 0.0606. The van der Waals surface area contributed by atoms with E-state index in [0.29, 0.717) is 12.0 Å². The number of nitrogens with two attached hydrogens (primary N) is 1. The average molecular weight is 240 g/mol. The van der Waals surface area contributed by atoms with Gasteiger partial charge in [0.15, 0.2) is 0 Å². The van der Waals surface area contributed by atoms with E-state index in [2.05, 4.69) is 20.8 Å². The third kappa shape index (κ3) is 3.44. The van der Waals surface area contributed by atoms with Gasteiger partial charge in [0, 0.05) is 13.1 Å². The first kappa shape index (κ1) is 14.5. The molecule has 1 aliphatic carbocycles. The van der Waals surface area contributed by atoms with Crippen molar-refractivity contribution in [3.8, 4) is 0 Å². The van der Waals surface area contributed by atoms with Crippen LogP contribution in [-0.2, 0) is 4.79 Å². The molecule has 0 aromatic heterocycles. The number of rotatable bonds is 4. The zero-order chi connectivity index (χ0) is 13.0. The lowest BCUT2D eigenvalue weighted by molar-refractivity contribution is -0.136. The highest BCUT2D eigenvalue weighted by atomic mass is 16.2. The topological polar surface area (TPSA) is 46.3 Å². The molecule has 0 saturated heterocycles. The smallest absolute Gasteiger partial charge is 0.239 e. The molecule has 1 amide bonds. The third-order valence-electron chi connectivity index (χ3n) is 4.45. The predicted octanol–water partition coefficient (Wildman–Crippen LogP) is 2.40. The lowest BCUT2D eigenvalue weighted by atomic mass is 9.84. The number of carbonyl (C=O) groups is 1. The molecule has 0 aromatic rings. The van der Waals surface area contributed by atoms with E-state index in [0.717, 1.165) is 12.8 Å². The van der Waals surface area contributed by atoms with Gasteiger partial charge in [-0.1, -0.05) is 40.0 Å². The molecule has 4 atom stereocenters. The standard InChI is InChI=1S/C14H28N2O/c1-5-10(2)13(15)14(17)16(4)12-9-7-6-8-11(12)3/h10-13H,5-9,15H2,1-4H3/t10-,11?,12?,13-/m0/s1. The molecule has 1 fully saturated rings. The number of nitrogens with zero attached hydrogens (tertiary/aromatic N) is 1. The third-order valence-corrected chi connectivity index (χ3v) is 4.45. The van der Waals surface area contributed by atoms with E-state index in [1.807, 2.05) is 11.9 Å². The van der Waals surface area contributed by atoms with Gasteiger partial charge in [-0.05, 0) is 24.7 Å². The number of hydrogen-bond acceptors (Lipinski definition) is 2. The van der Waals surface area contributed by atoms with Crippen molar-refractivity contribution in [3.05, 3.63) is 0 Å². The molecule has 0 radical (unpaired) electrons. The maximum atomic E-state index is 12.3. The van der Waals surface area contributed by atoms with Gasteiger partial charge in [0.05, 0.1) is 6.04 Å². The first-order valence-electron chi connectivity index (χ1n) is 7.01. The Balaban J connectivity index is 2.61. The minimum Gasteiger partial charge on any atom is -0.341 e. The first-order chi connectivity index (χ1) is 7.99. The van der Waals surface area contributed by atoms with Gasteiger partial charge >= 0.3 is 0 Å². The molecule has 3 heteroatoms. The summed E-state index contributed by atoms with van der Waals surface area (Å²) in [5.74, 6) is 1.00. The van der Waals surface area contributed by atoms with E-state index < -0.39 is 0 Å². The summed E-state index contributed by atoms with van der Waals surface area (Å²) in [6.45, 7) is 6.39. The maximum absolute atomic E-state index is 12.3. The van der Waals surface area contributed by atoms with Crippen molar-refractivity contribution < 1.29 is 4.79 Å². The van der Waals surface area contributed by atoms with E-state index >= 15 is 0 Å². The molecule has 2 unspecified atom stereocenters. The summed E-state index contributed by atoms with van der Waals surface area (Å²) < 4.78 is 0. The van der Waals surface area contributed by atoms with Gasteiger partial charge in [0.2, 0.25) is 5.91 Å². The number of likely N-dealkylation sites (N-methyl/N-ethyl adjacent to an activating group) is 1. The summed E-state index contributed by atoms with van der Waals surface area (Å²) in [5, 5.41) is 0. The van der Waals surface area contributed by atoms with Crippen LogP contribution in [0.5, 0.6) is 0 Å². The van der Waals surface area contributed by atoms with E-state index in [-0.39, 0.29) is 17.9 Å². The van der Waals surface area contributed by atoms with Gasteiger partial charge in [-0.3, -0.25) is 4.79 Å². The summed E-state index contributed by atoms with van der Waals surface area (Å²) >= 11 is 0. The molecule has 0 bridgehead atoms. The normalized spacial score (nSPS) is 28.5. The number of hydrogen-bond donors (Lipinski definition) is 1. The summed E-state index contributed by atoms with van der Waals surface area (Å²) in [7, 11) is 1.93. The van der Waals surface area contributed by atoms with Crippen molar-refractivity contribution >= 4 is 5.91 Å². The summed E-state index contributed by atoms with van der Waals surface area (Å²) in [5.41, 5.74) is 6.03. The van der Waals surface area contributed by atoms with Crippen molar-refractivity contribution in [2.45, 2.75) is 65.0 Å².